The molecule has 1 unspecified atom stereocenters. The second-order valence-electron chi connectivity index (χ2n) is 4.02. The van der Waals surface area contributed by atoms with E-state index in [9.17, 15) is 4.39 Å². The first-order valence-corrected chi connectivity index (χ1v) is 6.16. The van der Waals surface area contributed by atoms with Crippen molar-refractivity contribution in [2.24, 2.45) is 0 Å². The highest BCUT2D eigenvalue weighted by atomic mass is 35.5. The van der Waals surface area contributed by atoms with Crippen LogP contribution in [-0.2, 0) is 11.2 Å². The summed E-state index contributed by atoms with van der Waals surface area (Å²) in [4.78, 5) is 0. The summed E-state index contributed by atoms with van der Waals surface area (Å²) in [5, 5.41) is 3.68. The second-order valence-corrected chi connectivity index (χ2v) is 4.43. The second kappa shape index (κ2) is 7.64. The number of hydrogen-bond donors (Lipinski definition) is 1. The van der Waals surface area contributed by atoms with E-state index in [2.05, 4.69) is 5.32 Å². The van der Waals surface area contributed by atoms with Gasteiger partial charge in [0.25, 0.3) is 0 Å². The van der Waals surface area contributed by atoms with Gasteiger partial charge < -0.3 is 10.1 Å². The van der Waals surface area contributed by atoms with Crippen LogP contribution in [0.25, 0.3) is 0 Å². The van der Waals surface area contributed by atoms with Crippen molar-refractivity contribution in [2.45, 2.75) is 25.3 Å². The molecular formula is C13H19ClFNO. The van der Waals surface area contributed by atoms with Crippen LogP contribution >= 0.6 is 11.6 Å². The minimum Gasteiger partial charge on any atom is -0.385 e. The minimum absolute atomic E-state index is 0.222. The number of hydrogen-bond acceptors (Lipinski definition) is 2. The molecule has 2 nitrogen and oxygen atoms in total. The van der Waals surface area contributed by atoms with E-state index < -0.39 is 0 Å². The molecule has 0 heterocycles. The van der Waals surface area contributed by atoms with E-state index in [1.807, 2.05) is 7.05 Å². The van der Waals surface area contributed by atoms with Crippen molar-refractivity contribution < 1.29 is 9.13 Å². The Kier molecular flexibility index (Phi) is 6.48. The standard InChI is InChI=1S/C13H19ClFNO/c1-16-10(5-4-8-17-2)9-11-12(14)6-3-7-13(11)15/h3,6-7,10,16H,4-5,8-9H2,1-2H3. The van der Waals surface area contributed by atoms with E-state index >= 15 is 0 Å². The molecule has 1 aromatic rings. The van der Waals surface area contributed by atoms with E-state index in [0.717, 1.165) is 19.4 Å². The number of rotatable bonds is 7. The van der Waals surface area contributed by atoms with Crippen LogP contribution in [0.3, 0.4) is 0 Å². The largest absolute Gasteiger partial charge is 0.385 e. The third kappa shape index (κ3) is 4.62. The van der Waals surface area contributed by atoms with Gasteiger partial charge in [0, 0.05) is 30.3 Å². The number of ether oxygens (including phenoxy) is 1. The highest BCUT2D eigenvalue weighted by Gasteiger charge is 2.13. The van der Waals surface area contributed by atoms with Crippen LogP contribution in [0.2, 0.25) is 5.02 Å². The summed E-state index contributed by atoms with van der Waals surface area (Å²) in [6, 6.07) is 5.02. The molecule has 17 heavy (non-hydrogen) atoms. The quantitative estimate of drug-likeness (QED) is 0.760. The highest BCUT2D eigenvalue weighted by molar-refractivity contribution is 6.31. The number of methoxy groups -OCH3 is 1. The first-order valence-electron chi connectivity index (χ1n) is 5.78. The van der Waals surface area contributed by atoms with Crippen LogP contribution in [0, 0.1) is 5.82 Å². The van der Waals surface area contributed by atoms with Gasteiger partial charge >= 0.3 is 0 Å². The lowest BCUT2D eigenvalue weighted by Gasteiger charge is -2.17. The average Bonchev–Trinajstić information content (AvgIpc) is 2.32. The van der Waals surface area contributed by atoms with Gasteiger partial charge in [-0.15, -0.1) is 0 Å². The fourth-order valence-electron chi connectivity index (χ4n) is 1.80. The summed E-state index contributed by atoms with van der Waals surface area (Å²) in [5.74, 6) is -0.232. The van der Waals surface area contributed by atoms with Gasteiger partial charge in [0.05, 0.1) is 0 Å². The zero-order chi connectivity index (χ0) is 12.7. The Morgan fingerprint density at radius 3 is 2.82 bits per heavy atom. The number of benzene rings is 1. The van der Waals surface area contributed by atoms with Crippen molar-refractivity contribution >= 4 is 11.6 Å². The van der Waals surface area contributed by atoms with Crippen LogP contribution in [-0.4, -0.2) is 26.8 Å². The van der Waals surface area contributed by atoms with Crippen LogP contribution in [0.15, 0.2) is 18.2 Å². The van der Waals surface area contributed by atoms with E-state index in [1.54, 1.807) is 19.2 Å². The molecule has 0 fully saturated rings. The zero-order valence-electron chi connectivity index (χ0n) is 10.3. The lowest BCUT2D eigenvalue weighted by Crippen LogP contribution is -2.28. The smallest absolute Gasteiger partial charge is 0.127 e. The molecule has 0 saturated carbocycles. The van der Waals surface area contributed by atoms with Gasteiger partial charge in [-0.05, 0) is 38.4 Å². The molecule has 0 bridgehead atoms. The van der Waals surface area contributed by atoms with E-state index in [-0.39, 0.29) is 11.9 Å². The Morgan fingerprint density at radius 2 is 2.24 bits per heavy atom. The zero-order valence-corrected chi connectivity index (χ0v) is 11.1. The van der Waals surface area contributed by atoms with Gasteiger partial charge in [-0.1, -0.05) is 17.7 Å². The molecule has 96 valence electrons. The van der Waals surface area contributed by atoms with Gasteiger partial charge in [0.1, 0.15) is 5.82 Å². The maximum Gasteiger partial charge on any atom is 0.127 e. The fraction of sp³-hybridized carbons (Fsp3) is 0.538. The molecule has 4 heteroatoms. The first-order chi connectivity index (χ1) is 8.19. The first kappa shape index (κ1) is 14.4. The Morgan fingerprint density at radius 1 is 1.47 bits per heavy atom. The summed E-state index contributed by atoms with van der Waals surface area (Å²) in [5.41, 5.74) is 0.589. The van der Waals surface area contributed by atoms with E-state index in [1.165, 1.54) is 6.07 Å². The lowest BCUT2D eigenvalue weighted by atomic mass is 10.0. The molecular weight excluding hydrogens is 241 g/mol. The van der Waals surface area contributed by atoms with Gasteiger partial charge in [-0.2, -0.15) is 0 Å². The van der Waals surface area contributed by atoms with Crippen molar-refractivity contribution in [1.82, 2.24) is 5.32 Å². The Balaban J connectivity index is 2.60. The van der Waals surface area contributed by atoms with Gasteiger partial charge in [0.15, 0.2) is 0 Å². The Labute approximate surface area is 107 Å². The fourth-order valence-corrected chi connectivity index (χ4v) is 2.04. The van der Waals surface area contributed by atoms with E-state index in [0.29, 0.717) is 17.0 Å². The molecule has 0 aromatic heterocycles. The molecule has 0 saturated heterocycles. The number of halogens is 2. The topological polar surface area (TPSA) is 21.3 Å². The number of nitrogens with one attached hydrogen (secondary N) is 1. The third-order valence-electron chi connectivity index (χ3n) is 2.82. The van der Waals surface area contributed by atoms with Crippen LogP contribution in [0.4, 0.5) is 4.39 Å². The summed E-state index contributed by atoms with van der Waals surface area (Å²) < 4.78 is 18.6. The van der Waals surface area contributed by atoms with Gasteiger partial charge in [0.2, 0.25) is 0 Å². The predicted octanol–water partition coefficient (Wildman–Crippen LogP) is 3.04. The molecule has 1 aromatic carbocycles. The van der Waals surface area contributed by atoms with E-state index in [4.69, 9.17) is 16.3 Å². The maximum atomic E-state index is 13.6. The van der Waals surface area contributed by atoms with Gasteiger partial charge in [-0.25, -0.2) is 4.39 Å². The Bertz CT molecular complexity index is 326. The summed E-state index contributed by atoms with van der Waals surface area (Å²) in [6.45, 7) is 0.725. The maximum absolute atomic E-state index is 13.6. The molecule has 0 spiro atoms. The summed E-state index contributed by atoms with van der Waals surface area (Å²) >= 11 is 6.00. The van der Waals surface area contributed by atoms with Crippen molar-refractivity contribution in [3.63, 3.8) is 0 Å². The SMILES string of the molecule is CNC(CCCOC)Cc1c(F)cccc1Cl. The Hall–Kier alpha value is -0.640. The van der Waals surface area contributed by atoms with Gasteiger partial charge in [-0.3, -0.25) is 0 Å². The van der Waals surface area contributed by atoms with Crippen LogP contribution in [0.1, 0.15) is 18.4 Å². The molecule has 0 aliphatic carbocycles. The third-order valence-corrected chi connectivity index (χ3v) is 3.18. The molecule has 0 amide bonds. The van der Waals surface area contributed by atoms with Crippen LogP contribution in [0.5, 0.6) is 0 Å². The van der Waals surface area contributed by atoms with Crippen molar-refractivity contribution in [3.8, 4) is 0 Å². The van der Waals surface area contributed by atoms with Crippen molar-refractivity contribution in [1.29, 1.82) is 0 Å². The minimum atomic E-state index is -0.232. The normalized spacial score (nSPS) is 12.7. The molecule has 0 aliphatic rings. The average molecular weight is 260 g/mol. The molecule has 0 aliphatic heterocycles. The van der Waals surface area contributed by atoms with Crippen molar-refractivity contribution in [3.05, 3.63) is 34.6 Å². The predicted molar refractivity (Wildman–Crippen MR) is 69.1 cm³/mol. The lowest BCUT2D eigenvalue weighted by molar-refractivity contribution is 0.189. The molecule has 0 radical (unpaired) electrons. The summed E-state index contributed by atoms with van der Waals surface area (Å²) in [6.07, 6.45) is 2.49. The number of likely N-dealkylation sites (N-methyl/N-ethyl adjacent to an activating group) is 1. The molecule has 1 rings (SSSR count). The molecule has 1 N–H and O–H groups in total. The monoisotopic (exact) mass is 259 g/mol. The summed E-state index contributed by atoms with van der Waals surface area (Å²) in [7, 11) is 3.56. The van der Waals surface area contributed by atoms with Crippen LogP contribution < -0.4 is 5.32 Å². The highest BCUT2D eigenvalue weighted by Crippen LogP contribution is 2.21. The van der Waals surface area contributed by atoms with Crippen molar-refractivity contribution in [2.75, 3.05) is 20.8 Å². The molecule has 1 atom stereocenters.